The zero-order chi connectivity index (χ0) is 19.7. The molecular weight excluding hydrogens is 378 g/mol. The number of fused-ring (bicyclic) bond motifs is 1. The largest absolute Gasteiger partial charge is 0.319 e. The summed E-state index contributed by atoms with van der Waals surface area (Å²) in [6.07, 6.45) is 7.66. The molecule has 8 nitrogen and oxygen atoms in total. The normalized spacial score (nSPS) is 13.8. The Morgan fingerprint density at radius 3 is 2.79 bits per heavy atom. The molecule has 0 bridgehead atoms. The molecule has 0 atom stereocenters. The van der Waals surface area contributed by atoms with E-state index < -0.39 is 10.0 Å². The number of rotatable bonds is 4. The van der Waals surface area contributed by atoms with Gasteiger partial charge in [0, 0.05) is 30.7 Å². The number of aromatic nitrogens is 3. The van der Waals surface area contributed by atoms with E-state index in [4.69, 9.17) is 0 Å². The number of sulfonamides is 1. The maximum Gasteiger partial charge on any atom is 0.255 e. The van der Waals surface area contributed by atoms with E-state index in [1.54, 1.807) is 59.7 Å². The zero-order valence-electron chi connectivity index (χ0n) is 15.2. The summed E-state index contributed by atoms with van der Waals surface area (Å²) in [6.45, 7) is 0.459. The highest BCUT2D eigenvalue weighted by molar-refractivity contribution is 7.92. The Hall–Kier alpha value is -3.20. The Morgan fingerprint density at radius 2 is 2.04 bits per heavy atom. The van der Waals surface area contributed by atoms with Crippen LogP contribution < -0.4 is 9.62 Å². The molecule has 0 saturated heterocycles. The highest BCUT2D eigenvalue weighted by Crippen LogP contribution is 2.30. The van der Waals surface area contributed by atoms with E-state index in [2.05, 4.69) is 15.4 Å². The topological polar surface area (TPSA) is 97.2 Å². The Morgan fingerprint density at radius 1 is 1.18 bits per heavy atom. The highest BCUT2D eigenvalue weighted by atomic mass is 32.2. The molecule has 0 saturated carbocycles. The number of nitrogens with one attached hydrogen (secondary N) is 1. The van der Waals surface area contributed by atoms with Gasteiger partial charge in [0.1, 0.15) is 0 Å². The molecule has 1 amide bonds. The molecule has 3 aromatic rings. The van der Waals surface area contributed by atoms with E-state index in [-0.39, 0.29) is 5.91 Å². The van der Waals surface area contributed by atoms with Gasteiger partial charge in [0.2, 0.25) is 10.0 Å². The smallest absolute Gasteiger partial charge is 0.255 e. The van der Waals surface area contributed by atoms with Gasteiger partial charge in [0.25, 0.3) is 5.91 Å². The lowest BCUT2D eigenvalue weighted by molar-refractivity contribution is 0.102. The lowest BCUT2D eigenvalue weighted by Crippen LogP contribution is -2.34. The van der Waals surface area contributed by atoms with E-state index in [9.17, 15) is 13.2 Å². The number of anilines is 2. The number of aryl methyl sites for hydroxylation is 1. The maximum atomic E-state index is 12.8. The second-order valence-electron chi connectivity index (χ2n) is 6.56. The Labute approximate surface area is 162 Å². The van der Waals surface area contributed by atoms with Crippen LogP contribution >= 0.6 is 0 Å². The van der Waals surface area contributed by atoms with Crippen LogP contribution in [-0.2, 0) is 16.4 Å². The quantitative estimate of drug-likeness (QED) is 0.728. The van der Waals surface area contributed by atoms with E-state index in [0.717, 1.165) is 18.4 Å². The van der Waals surface area contributed by atoms with E-state index in [1.165, 1.54) is 10.6 Å². The average Bonchev–Trinajstić information content (AvgIpc) is 3.21. The minimum atomic E-state index is -3.34. The van der Waals surface area contributed by atoms with Crippen molar-refractivity contribution in [1.82, 2.24) is 14.8 Å². The lowest BCUT2D eigenvalue weighted by Gasteiger charge is -2.29. The van der Waals surface area contributed by atoms with Gasteiger partial charge in [0.15, 0.2) is 5.82 Å². The van der Waals surface area contributed by atoms with Gasteiger partial charge in [0.05, 0.1) is 17.6 Å². The van der Waals surface area contributed by atoms with Crippen molar-refractivity contribution in [2.45, 2.75) is 12.8 Å². The SMILES string of the molecule is CS(=O)(=O)N1CCCc2cc(C(=O)Nc3cccnc3-n3cccn3)ccc21. The number of carbonyl (C=O) groups excluding carboxylic acids is 1. The number of pyridine rings is 1. The van der Waals surface area contributed by atoms with Crippen molar-refractivity contribution in [3.05, 3.63) is 66.1 Å². The van der Waals surface area contributed by atoms with Crippen molar-refractivity contribution >= 4 is 27.3 Å². The number of carbonyl (C=O) groups is 1. The van der Waals surface area contributed by atoms with Crippen LogP contribution in [0.25, 0.3) is 5.82 Å². The van der Waals surface area contributed by atoms with Crippen molar-refractivity contribution in [3.63, 3.8) is 0 Å². The summed E-state index contributed by atoms with van der Waals surface area (Å²) in [5.74, 6) is 0.225. The van der Waals surface area contributed by atoms with Crippen LogP contribution in [0.4, 0.5) is 11.4 Å². The predicted octanol–water partition coefficient (Wildman–Crippen LogP) is 2.23. The minimum absolute atomic E-state index is 0.291. The molecule has 0 aliphatic carbocycles. The Balaban J connectivity index is 1.63. The molecule has 0 radical (unpaired) electrons. The van der Waals surface area contributed by atoms with Crippen molar-refractivity contribution in [3.8, 4) is 5.82 Å². The number of hydrogen-bond acceptors (Lipinski definition) is 5. The number of nitrogens with zero attached hydrogens (tertiary/aromatic N) is 4. The molecule has 0 spiro atoms. The number of amides is 1. The molecule has 28 heavy (non-hydrogen) atoms. The molecule has 1 aliphatic heterocycles. The van der Waals surface area contributed by atoms with Crippen LogP contribution in [0.2, 0.25) is 0 Å². The Kier molecular flexibility index (Phi) is 4.60. The molecule has 2 aromatic heterocycles. The molecule has 3 heterocycles. The monoisotopic (exact) mass is 397 g/mol. The van der Waals surface area contributed by atoms with E-state index in [1.807, 2.05) is 0 Å². The van der Waals surface area contributed by atoms with Crippen LogP contribution in [0.15, 0.2) is 55.0 Å². The van der Waals surface area contributed by atoms with Gasteiger partial charge in [-0.05, 0) is 54.8 Å². The molecule has 4 rings (SSSR count). The standard InChI is InChI=1S/C19H19N5O3S/c1-28(26,27)24-12-3-5-14-13-15(7-8-17(14)24)19(25)22-16-6-2-9-20-18(16)23-11-4-10-21-23/h2,4,6-11,13H,3,5,12H2,1H3,(H,22,25). The van der Waals surface area contributed by atoms with Crippen molar-refractivity contribution in [2.24, 2.45) is 0 Å². The number of benzene rings is 1. The fraction of sp³-hybridized carbons (Fsp3) is 0.211. The third-order valence-electron chi connectivity index (χ3n) is 4.57. The molecule has 0 unspecified atom stereocenters. The van der Waals surface area contributed by atoms with Crippen LogP contribution in [0.5, 0.6) is 0 Å². The molecule has 1 N–H and O–H groups in total. The Bertz CT molecular complexity index is 1130. The van der Waals surface area contributed by atoms with Crippen LogP contribution in [0, 0.1) is 0 Å². The summed E-state index contributed by atoms with van der Waals surface area (Å²) in [5, 5.41) is 7.03. The predicted molar refractivity (Wildman–Crippen MR) is 106 cm³/mol. The first kappa shape index (κ1) is 18.2. The second-order valence-corrected chi connectivity index (χ2v) is 8.47. The van der Waals surface area contributed by atoms with Gasteiger partial charge < -0.3 is 5.32 Å². The van der Waals surface area contributed by atoms with E-state index >= 15 is 0 Å². The third kappa shape index (κ3) is 3.48. The molecule has 144 valence electrons. The fourth-order valence-corrected chi connectivity index (χ4v) is 4.31. The van der Waals surface area contributed by atoms with Crippen molar-refractivity contribution in [1.29, 1.82) is 0 Å². The molecule has 9 heteroatoms. The first-order chi connectivity index (χ1) is 13.4. The summed E-state index contributed by atoms with van der Waals surface area (Å²) >= 11 is 0. The molecule has 1 aromatic carbocycles. The van der Waals surface area contributed by atoms with Gasteiger partial charge in [-0.25, -0.2) is 18.1 Å². The van der Waals surface area contributed by atoms with Crippen LogP contribution in [0.3, 0.4) is 0 Å². The summed E-state index contributed by atoms with van der Waals surface area (Å²) in [7, 11) is -3.34. The van der Waals surface area contributed by atoms with Gasteiger partial charge >= 0.3 is 0 Å². The minimum Gasteiger partial charge on any atom is -0.319 e. The third-order valence-corrected chi connectivity index (χ3v) is 5.75. The van der Waals surface area contributed by atoms with Gasteiger partial charge in [-0.1, -0.05) is 0 Å². The molecule has 0 fully saturated rings. The zero-order valence-corrected chi connectivity index (χ0v) is 16.1. The van der Waals surface area contributed by atoms with E-state index in [0.29, 0.717) is 29.3 Å². The molecular formula is C19H19N5O3S. The van der Waals surface area contributed by atoms with Gasteiger partial charge in [-0.2, -0.15) is 5.10 Å². The van der Waals surface area contributed by atoms with Crippen LogP contribution in [-0.4, -0.2) is 41.9 Å². The second kappa shape index (κ2) is 7.08. The first-order valence-electron chi connectivity index (χ1n) is 8.80. The fourth-order valence-electron chi connectivity index (χ4n) is 3.31. The molecule has 1 aliphatic rings. The summed E-state index contributed by atoms with van der Waals surface area (Å²) in [4.78, 5) is 17.1. The summed E-state index contributed by atoms with van der Waals surface area (Å²) < 4.78 is 27.0. The highest BCUT2D eigenvalue weighted by Gasteiger charge is 2.24. The van der Waals surface area contributed by atoms with Crippen molar-refractivity contribution < 1.29 is 13.2 Å². The summed E-state index contributed by atoms with van der Waals surface area (Å²) in [5.41, 5.74) is 2.49. The number of hydrogen-bond donors (Lipinski definition) is 1. The first-order valence-corrected chi connectivity index (χ1v) is 10.7. The summed E-state index contributed by atoms with van der Waals surface area (Å²) in [6, 6.07) is 10.4. The van der Waals surface area contributed by atoms with Gasteiger partial charge in [-0.15, -0.1) is 0 Å². The van der Waals surface area contributed by atoms with Crippen LogP contribution in [0.1, 0.15) is 22.3 Å². The average molecular weight is 397 g/mol. The van der Waals surface area contributed by atoms with Crippen molar-refractivity contribution in [2.75, 3.05) is 22.4 Å². The van der Waals surface area contributed by atoms with Gasteiger partial charge in [-0.3, -0.25) is 9.10 Å². The lowest BCUT2D eigenvalue weighted by atomic mass is 10.0. The maximum absolute atomic E-state index is 12.8.